The zero-order valence-electron chi connectivity index (χ0n) is 14.5. The number of rotatable bonds is 3. The molecular weight excluding hydrogens is 337 g/mol. The molecule has 1 atom stereocenters. The van der Waals surface area contributed by atoms with Crippen LogP contribution in [0.5, 0.6) is 5.75 Å². The maximum absolute atomic E-state index is 13.0. The van der Waals surface area contributed by atoms with E-state index in [1.54, 1.807) is 52.0 Å². The molecule has 0 aromatic heterocycles. The van der Waals surface area contributed by atoms with E-state index in [1.165, 1.54) is 0 Å². The van der Waals surface area contributed by atoms with Gasteiger partial charge in [-0.05, 0) is 18.6 Å². The van der Waals surface area contributed by atoms with Crippen LogP contribution in [-0.2, 0) is 4.79 Å². The monoisotopic (exact) mass is 358 g/mol. The lowest BCUT2D eigenvalue weighted by Crippen LogP contribution is -2.56. The number of hydrazone groups is 1. The second kappa shape index (κ2) is 6.33. The van der Waals surface area contributed by atoms with E-state index in [9.17, 15) is 23.1 Å². The molecule has 1 heterocycles. The van der Waals surface area contributed by atoms with Crippen LogP contribution >= 0.6 is 0 Å². The number of amides is 1. The molecule has 25 heavy (non-hydrogen) atoms. The molecule has 0 aliphatic carbocycles. The Morgan fingerprint density at radius 2 is 1.92 bits per heavy atom. The molecular formula is C17H21F3N2O3. The Bertz CT molecular complexity index is 695. The second-order valence-corrected chi connectivity index (χ2v) is 7.05. The molecule has 0 radical (unpaired) electrons. The Hall–Kier alpha value is -2.09. The fraction of sp³-hybridized carbons (Fsp3) is 0.529. The van der Waals surface area contributed by atoms with E-state index >= 15 is 0 Å². The first-order valence-electron chi connectivity index (χ1n) is 7.75. The van der Waals surface area contributed by atoms with Crippen molar-refractivity contribution in [2.75, 3.05) is 6.61 Å². The number of hydrogen-bond donors (Lipinski definition) is 1. The molecule has 8 heteroatoms. The van der Waals surface area contributed by atoms with Gasteiger partial charge in [-0.15, -0.1) is 0 Å². The molecule has 0 saturated heterocycles. The SMILES string of the molecule is Cc1ccccc1OCC(=O)N1N=C(C(F)(F)F)C[C@]1(O)C(C)(C)C. The number of aryl methyl sites for hydroxylation is 1. The number of ether oxygens (including phenoxy) is 1. The van der Waals surface area contributed by atoms with E-state index in [0.29, 0.717) is 10.8 Å². The van der Waals surface area contributed by atoms with Crippen LogP contribution in [0, 0.1) is 12.3 Å². The Balaban J connectivity index is 2.24. The van der Waals surface area contributed by atoms with Crippen LogP contribution in [0.1, 0.15) is 32.8 Å². The first-order chi connectivity index (χ1) is 11.4. The minimum Gasteiger partial charge on any atom is -0.483 e. The average molecular weight is 358 g/mol. The van der Waals surface area contributed by atoms with Gasteiger partial charge in [-0.2, -0.15) is 23.3 Å². The van der Waals surface area contributed by atoms with Gasteiger partial charge in [0.15, 0.2) is 12.3 Å². The molecule has 0 spiro atoms. The molecule has 1 aromatic rings. The van der Waals surface area contributed by atoms with Crippen LogP contribution in [0.25, 0.3) is 0 Å². The molecule has 5 nitrogen and oxygen atoms in total. The number of benzene rings is 1. The lowest BCUT2D eigenvalue weighted by atomic mass is 9.80. The number of halogens is 3. The Kier molecular flexibility index (Phi) is 4.87. The van der Waals surface area contributed by atoms with Crippen molar-refractivity contribution in [2.45, 2.75) is 46.0 Å². The van der Waals surface area contributed by atoms with Crippen molar-refractivity contribution in [3.63, 3.8) is 0 Å². The maximum Gasteiger partial charge on any atom is 0.431 e. The summed E-state index contributed by atoms with van der Waals surface area (Å²) in [6.07, 6.45) is -5.50. The first-order valence-corrected chi connectivity index (χ1v) is 7.75. The zero-order chi connectivity index (χ0) is 19.0. The summed E-state index contributed by atoms with van der Waals surface area (Å²) in [5.41, 5.74) is -3.53. The highest BCUT2D eigenvalue weighted by Gasteiger charge is 2.57. The smallest absolute Gasteiger partial charge is 0.431 e. The van der Waals surface area contributed by atoms with Gasteiger partial charge in [0.25, 0.3) is 5.91 Å². The summed E-state index contributed by atoms with van der Waals surface area (Å²) in [6.45, 7) is 5.89. The van der Waals surface area contributed by atoms with Gasteiger partial charge in [0, 0.05) is 11.8 Å². The molecule has 0 fully saturated rings. The van der Waals surface area contributed by atoms with Gasteiger partial charge < -0.3 is 9.84 Å². The second-order valence-electron chi connectivity index (χ2n) is 7.05. The van der Waals surface area contributed by atoms with E-state index in [0.717, 1.165) is 5.56 Å². The standard InChI is InChI=1S/C17H21F3N2O3/c1-11-7-5-6-8-12(11)25-10-14(23)22-16(24,15(2,3)4)9-13(21-22)17(18,19)20/h5-8,24H,9-10H2,1-4H3/t16-/m0/s1. The maximum atomic E-state index is 13.0. The third-order valence-corrected chi connectivity index (χ3v) is 4.19. The van der Waals surface area contributed by atoms with Gasteiger partial charge >= 0.3 is 6.18 Å². The summed E-state index contributed by atoms with van der Waals surface area (Å²) in [5.74, 6) is -0.408. The van der Waals surface area contributed by atoms with Crippen molar-refractivity contribution in [1.29, 1.82) is 0 Å². The molecule has 0 saturated carbocycles. The number of aliphatic hydroxyl groups is 1. The fourth-order valence-electron chi connectivity index (χ4n) is 2.47. The van der Waals surface area contributed by atoms with Crippen LogP contribution in [0.3, 0.4) is 0 Å². The van der Waals surface area contributed by atoms with Crippen molar-refractivity contribution >= 4 is 11.6 Å². The van der Waals surface area contributed by atoms with Gasteiger partial charge in [0.05, 0.1) is 0 Å². The highest BCUT2D eigenvalue weighted by Crippen LogP contribution is 2.43. The molecule has 0 unspecified atom stereocenters. The van der Waals surface area contributed by atoms with E-state index in [-0.39, 0.29) is 0 Å². The van der Waals surface area contributed by atoms with Crippen molar-refractivity contribution in [2.24, 2.45) is 10.5 Å². The van der Waals surface area contributed by atoms with Gasteiger partial charge in [-0.3, -0.25) is 4.79 Å². The van der Waals surface area contributed by atoms with E-state index in [1.807, 2.05) is 0 Å². The highest BCUT2D eigenvalue weighted by molar-refractivity contribution is 5.94. The largest absolute Gasteiger partial charge is 0.483 e. The summed E-state index contributed by atoms with van der Waals surface area (Å²) < 4.78 is 44.4. The fourth-order valence-corrected chi connectivity index (χ4v) is 2.47. The number of carbonyl (C=O) groups excluding carboxylic acids is 1. The number of para-hydroxylation sites is 1. The Labute approximate surface area is 144 Å². The van der Waals surface area contributed by atoms with Gasteiger partial charge in [-0.25, -0.2) is 0 Å². The lowest BCUT2D eigenvalue weighted by molar-refractivity contribution is -0.183. The predicted molar refractivity (Wildman–Crippen MR) is 86.0 cm³/mol. The minimum atomic E-state index is -4.72. The molecule has 1 aliphatic rings. The summed E-state index contributed by atoms with van der Waals surface area (Å²) >= 11 is 0. The lowest BCUT2D eigenvalue weighted by Gasteiger charge is -2.41. The highest BCUT2D eigenvalue weighted by atomic mass is 19.4. The number of nitrogens with zero attached hydrogens (tertiary/aromatic N) is 2. The average Bonchev–Trinajstić information content (AvgIpc) is 2.85. The van der Waals surface area contributed by atoms with Gasteiger partial charge in [-0.1, -0.05) is 39.0 Å². The number of hydrogen-bond acceptors (Lipinski definition) is 4. The van der Waals surface area contributed by atoms with Crippen LogP contribution in [-0.4, -0.2) is 40.2 Å². The summed E-state index contributed by atoms with van der Waals surface area (Å²) in [6, 6.07) is 6.94. The summed E-state index contributed by atoms with van der Waals surface area (Å²) in [4.78, 5) is 12.4. The molecule has 1 N–H and O–H groups in total. The molecule has 1 aromatic carbocycles. The third-order valence-electron chi connectivity index (χ3n) is 4.19. The predicted octanol–water partition coefficient (Wildman–Crippen LogP) is 3.26. The third kappa shape index (κ3) is 3.78. The normalized spacial score (nSPS) is 21.3. The Morgan fingerprint density at radius 3 is 2.44 bits per heavy atom. The van der Waals surface area contributed by atoms with Crippen molar-refractivity contribution in [1.82, 2.24) is 5.01 Å². The van der Waals surface area contributed by atoms with Crippen LogP contribution < -0.4 is 4.74 Å². The molecule has 2 rings (SSSR count). The topological polar surface area (TPSA) is 62.1 Å². The quantitative estimate of drug-likeness (QED) is 0.902. The number of alkyl halides is 3. The molecule has 1 aliphatic heterocycles. The van der Waals surface area contributed by atoms with Gasteiger partial charge in [0.2, 0.25) is 0 Å². The van der Waals surface area contributed by atoms with Crippen molar-refractivity contribution in [3.05, 3.63) is 29.8 Å². The molecule has 1 amide bonds. The minimum absolute atomic E-state index is 0.439. The summed E-state index contributed by atoms with van der Waals surface area (Å²) in [5, 5.41) is 14.6. The Morgan fingerprint density at radius 1 is 1.32 bits per heavy atom. The van der Waals surface area contributed by atoms with Crippen LogP contribution in [0.15, 0.2) is 29.4 Å². The van der Waals surface area contributed by atoms with E-state index < -0.39 is 42.0 Å². The van der Waals surface area contributed by atoms with Crippen molar-refractivity contribution in [3.8, 4) is 5.75 Å². The van der Waals surface area contributed by atoms with Crippen LogP contribution in [0.4, 0.5) is 13.2 Å². The van der Waals surface area contributed by atoms with E-state index in [4.69, 9.17) is 4.74 Å². The molecule has 138 valence electrons. The van der Waals surface area contributed by atoms with Crippen molar-refractivity contribution < 1.29 is 27.8 Å². The first kappa shape index (κ1) is 19.2. The number of carbonyl (C=O) groups is 1. The zero-order valence-corrected chi connectivity index (χ0v) is 14.5. The molecule has 0 bridgehead atoms. The van der Waals surface area contributed by atoms with Crippen LogP contribution in [0.2, 0.25) is 0 Å². The summed E-state index contributed by atoms with van der Waals surface area (Å²) in [7, 11) is 0. The van der Waals surface area contributed by atoms with Gasteiger partial charge in [0.1, 0.15) is 11.5 Å². The van der Waals surface area contributed by atoms with E-state index in [2.05, 4.69) is 5.10 Å².